The highest BCUT2D eigenvalue weighted by Crippen LogP contribution is 2.20. The van der Waals surface area contributed by atoms with Crippen molar-refractivity contribution in [2.45, 2.75) is 39.2 Å². The monoisotopic (exact) mass is 232 g/mol. The molecule has 0 spiro atoms. The lowest BCUT2D eigenvalue weighted by Crippen LogP contribution is -2.30. The van der Waals surface area contributed by atoms with Crippen molar-refractivity contribution < 1.29 is 24.2 Å². The number of aliphatic carboxylic acids is 1. The van der Waals surface area contributed by atoms with Gasteiger partial charge in [-0.1, -0.05) is 0 Å². The molecule has 0 saturated carbocycles. The van der Waals surface area contributed by atoms with Gasteiger partial charge in [-0.2, -0.15) is 0 Å². The van der Waals surface area contributed by atoms with Crippen molar-refractivity contribution in [1.29, 1.82) is 0 Å². The minimum atomic E-state index is -1.15. The molecule has 1 N–H and O–H groups in total. The second-order valence-corrected chi connectivity index (χ2v) is 4.15. The molecule has 0 radical (unpaired) electrons. The number of carbonyl (C=O) groups excluding carboxylic acids is 1. The molecule has 5 heteroatoms. The van der Waals surface area contributed by atoms with Crippen LogP contribution in [0.3, 0.4) is 0 Å². The van der Waals surface area contributed by atoms with Crippen LogP contribution in [0.15, 0.2) is 0 Å². The third kappa shape index (κ3) is 5.11. The molecule has 0 fully saturated rings. The van der Waals surface area contributed by atoms with Gasteiger partial charge in [0.1, 0.15) is 0 Å². The molecular formula is C11H20O5. The molecule has 0 saturated heterocycles. The van der Waals surface area contributed by atoms with Crippen LogP contribution < -0.4 is 0 Å². The first-order chi connectivity index (χ1) is 7.34. The Morgan fingerprint density at radius 2 is 1.94 bits per heavy atom. The average Bonchev–Trinajstić information content (AvgIpc) is 2.17. The van der Waals surface area contributed by atoms with Crippen LogP contribution in [0.4, 0.5) is 0 Å². The summed E-state index contributed by atoms with van der Waals surface area (Å²) in [7, 11) is 1.56. The molecule has 0 aliphatic carbocycles. The number of rotatable bonds is 7. The van der Waals surface area contributed by atoms with Crippen LogP contribution in [-0.4, -0.2) is 36.4 Å². The number of hydrogen-bond donors (Lipinski definition) is 1. The van der Waals surface area contributed by atoms with E-state index in [1.165, 1.54) is 0 Å². The number of hydrogen-bond acceptors (Lipinski definition) is 4. The molecule has 1 unspecified atom stereocenters. The zero-order valence-corrected chi connectivity index (χ0v) is 10.3. The van der Waals surface area contributed by atoms with E-state index < -0.39 is 23.5 Å². The SMILES string of the molecule is CCOC(=O)C(CCC(C)(C)OC)C(=O)O. The van der Waals surface area contributed by atoms with Crippen LogP contribution in [-0.2, 0) is 19.1 Å². The highest BCUT2D eigenvalue weighted by Gasteiger charge is 2.30. The van der Waals surface area contributed by atoms with Gasteiger partial charge in [0.25, 0.3) is 0 Å². The minimum absolute atomic E-state index is 0.191. The molecule has 16 heavy (non-hydrogen) atoms. The van der Waals surface area contributed by atoms with E-state index in [0.29, 0.717) is 6.42 Å². The fraction of sp³-hybridized carbons (Fsp3) is 0.818. The Labute approximate surface area is 95.7 Å². The largest absolute Gasteiger partial charge is 0.481 e. The predicted octanol–water partition coefficient (Wildman–Crippen LogP) is 1.46. The maximum Gasteiger partial charge on any atom is 0.320 e. The molecule has 94 valence electrons. The van der Waals surface area contributed by atoms with Crippen LogP contribution in [0.2, 0.25) is 0 Å². The Kier molecular flexibility index (Phi) is 6.03. The summed E-state index contributed by atoms with van der Waals surface area (Å²) in [5.74, 6) is -2.93. The first-order valence-electron chi connectivity index (χ1n) is 5.28. The summed E-state index contributed by atoms with van der Waals surface area (Å²) < 4.78 is 9.87. The molecule has 0 heterocycles. The van der Waals surface area contributed by atoms with Gasteiger partial charge in [-0.25, -0.2) is 0 Å². The minimum Gasteiger partial charge on any atom is -0.481 e. The molecule has 1 atom stereocenters. The molecule has 0 aliphatic heterocycles. The average molecular weight is 232 g/mol. The lowest BCUT2D eigenvalue weighted by molar-refractivity contribution is -0.159. The number of carboxylic acid groups (broad SMARTS) is 1. The van der Waals surface area contributed by atoms with E-state index in [2.05, 4.69) is 0 Å². The number of carboxylic acids is 1. The summed E-state index contributed by atoms with van der Waals surface area (Å²) >= 11 is 0. The summed E-state index contributed by atoms with van der Waals surface area (Å²) in [6, 6.07) is 0. The van der Waals surface area contributed by atoms with E-state index in [4.69, 9.17) is 14.6 Å². The van der Waals surface area contributed by atoms with Gasteiger partial charge >= 0.3 is 11.9 Å². The summed E-state index contributed by atoms with van der Waals surface area (Å²) in [6.45, 7) is 5.53. The molecule has 0 aromatic rings. The molecule has 0 aromatic heterocycles. The molecule has 0 aromatic carbocycles. The van der Waals surface area contributed by atoms with Crippen molar-refractivity contribution in [2.75, 3.05) is 13.7 Å². The number of esters is 1. The first kappa shape index (κ1) is 14.9. The van der Waals surface area contributed by atoms with Crippen molar-refractivity contribution >= 4 is 11.9 Å². The van der Waals surface area contributed by atoms with E-state index in [1.807, 2.05) is 13.8 Å². The summed E-state index contributed by atoms with van der Waals surface area (Å²) in [6.07, 6.45) is 0.703. The van der Waals surface area contributed by atoms with E-state index in [9.17, 15) is 9.59 Å². The highest BCUT2D eigenvalue weighted by molar-refractivity contribution is 5.93. The summed E-state index contributed by atoms with van der Waals surface area (Å²) in [5.41, 5.74) is -0.430. The highest BCUT2D eigenvalue weighted by atomic mass is 16.5. The Hall–Kier alpha value is -1.10. The molecule has 0 aliphatic rings. The van der Waals surface area contributed by atoms with Gasteiger partial charge in [-0.3, -0.25) is 9.59 Å². The predicted molar refractivity (Wildman–Crippen MR) is 58.1 cm³/mol. The van der Waals surface area contributed by atoms with Gasteiger partial charge in [0, 0.05) is 7.11 Å². The lowest BCUT2D eigenvalue weighted by atomic mass is 9.95. The normalized spacial score (nSPS) is 13.2. The van der Waals surface area contributed by atoms with E-state index >= 15 is 0 Å². The van der Waals surface area contributed by atoms with Gasteiger partial charge in [0.2, 0.25) is 0 Å². The van der Waals surface area contributed by atoms with Crippen LogP contribution in [0, 0.1) is 5.92 Å². The Bertz CT molecular complexity index is 247. The van der Waals surface area contributed by atoms with Gasteiger partial charge < -0.3 is 14.6 Å². The van der Waals surface area contributed by atoms with Gasteiger partial charge in [0.05, 0.1) is 12.2 Å². The smallest absolute Gasteiger partial charge is 0.320 e. The van der Waals surface area contributed by atoms with E-state index in [0.717, 1.165) is 0 Å². The van der Waals surface area contributed by atoms with Crippen molar-refractivity contribution in [3.63, 3.8) is 0 Å². The second kappa shape index (κ2) is 6.48. The fourth-order valence-electron chi connectivity index (χ4n) is 1.18. The number of ether oxygens (including phenoxy) is 2. The lowest BCUT2D eigenvalue weighted by Gasteiger charge is -2.23. The first-order valence-corrected chi connectivity index (χ1v) is 5.28. The van der Waals surface area contributed by atoms with Crippen molar-refractivity contribution in [2.24, 2.45) is 5.92 Å². The molecule has 5 nitrogen and oxygen atoms in total. The van der Waals surface area contributed by atoms with Gasteiger partial charge in [0.15, 0.2) is 5.92 Å². The van der Waals surface area contributed by atoms with Crippen LogP contribution >= 0.6 is 0 Å². The van der Waals surface area contributed by atoms with Crippen LogP contribution in [0.25, 0.3) is 0 Å². The maximum atomic E-state index is 11.3. The second-order valence-electron chi connectivity index (χ2n) is 4.15. The van der Waals surface area contributed by atoms with Crippen molar-refractivity contribution in [3.8, 4) is 0 Å². The summed E-state index contributed by atoms with van der Waals surface area (Å²) in [5, 5.41) is 8.90. The van der Waals surface area contributed by atoms with Crippen molar-refractivity contribution in [1.82, 2.24) is 0 Å². The standard InChI is InChI=1S/C11H20O5/c1-5-16-10(14)8(9(12)13)6-7-11(2,3)15-4/h8H,5-7H2,1-4H3,(H,12,13). The zero-order valence-electron chi connectivity index (χ0n) is 10.3. The number of methoxy groups -OCH3 is 1. The number of carbonyl (C=O) groups is 2. The Morgan fingerprint density at radius 3 is 2.31 bits per heavy atom. The van der Waals surface area contributed by atoms with Gasteiger partial charge in [-0.05, 0) is 33.6 Å². The third-order valence-electron chi connectivity index (χ3n) is 2.46. The van der Waals surface area contributed by atoms with Crippen molar-refractivity contribution in [3.05, 3.63) is 0 Å². The molecule has 0 rings (SSSR count). The van der Waals surface area contributed by atoms with Crippen LogP contribution in [0.1, 0.15) is 33.6 Å². The fourth-order valence-corrected chi connectivity index (χ4v) is 1.18. The van der Waals surface area contributed by atoms with E-state index in [-0.39, 0.29) is 13.0 Å². The topological polar surface area (TPSA) is 72.8 Å². The van der Waals surface area contributed by atoms with Crippen LogP contribution in [0.5, 0.6) is 0 Å². The van der Waals surface area contributed by atoms with E-state index in [1.54, 1.807) is 14.0 Å². The Morgan fingerprint density at radius 1 is 1.38 bits per heavy atom. The summed E-state index contributed by atoms with van der Waals surface area (Å²) in [4.78, 5) is 22.2. The quantitative estimate of drug-likeness (QED) is 0.531. The zero-order chi connectivity index (χ0) is 12.8. The maximum absolute atomic E-state index is 11.3. The molecule has 0 bridgehead atoms. The molecule has 0 amide bonds. The molecular weight excluding hydrogens is 212 g/mol. The van der Waals surface area contributed by atoms with Gasteiger partial charge in [-0.15, -0.1) is 0 Å². The Balaban J connectivity index is 4.36. The third-order valence-corrected chi connectivity index (χ3v) is 2.46.